The third-order valence-corrected chi connectivity index (χ3v) is 4.08. The molecule has 4 heteroatoms. The summed E-state index contributed by atoms with van der Waals surface area (Å²) in [5.74, 6) is -0.0709. The first kappa shape index (κ1) is 15.1. The van der Waals surface area contributed by atoms with Crippen LogP contribution in [0.5, 0.6) is 0 Å². The average Bonchev–Trinajstić information content (AvgIpc) is 2.45. The quantitative estimate of drug-likeness (QED) is 0.798. The van der Waals surface area contributed by atoms with Gasteiger partial charge in [0.25, 0.3) is 5.91 Å². The molecular formula is C16H15BrClNO. The van der Waals surface area contributed by atoms with Gasteiger partial charge in [-0.05, 0) is 40.0 Å². The fraction of sp³-hybridized carbons (Fsp3) is 0.188. The second-order valence-corrected chi connectivity index (χ2v) is 5.82. The van der Waals surface area contributed by atoms with Crippen molar-refractivity contribution in [3.05, 3.63) is 69.2 Å². The van der Waals surface area contributed by atoms with Crippen LogP contribution in [0.4, 0.5) is 0 Å². The highest BCUT2D eigenvalue weighted by Gasteiger charge is 2.17. The van der Waals surface area contributed by atoms with Crippen molar-refractivity contribution in [1.82, 2.24) is 4.90 Å². The van der Waals surface area contributed by atoms with Crippen LogP contribution >= 0.6 is 27.5 Å². The molecule has 0 unspecified atom stereocenters. The number of likely N-dealkylation sites (N-methyl/N-ethyl adjacent to an activating group) is 1. The molecule has 2 rings (SSSR count). The van der Waals surface area contributed by atoms with Crippen LogP contribution in [0.15, 0.2) is 53.0 Å². The lowest BCUT2D eigenvalue weighted by Crippen LogP contribution is -2.29. The van der Waals surface area contributed by atoms with Crippen LogP contribution in [0.25, 0.3) is 0 Å². The zero-order valence-corrected chi connectivity index (χ0v) is 13.5. The number of carbonyl (C=O) groups excluding carboxylic acids is 1. The summed E-state index contributed by atoms with van der Waals surface area (Å²) in [7, 11) is 1.79. The van der Waals surface area contributed by atoms with Crippen LogP contribution in [0, 0.1) is 0 Å². The lowest BCUT2D eigenvalue weighted by Gasteiger charge is -2.18. The Morgan fingerprint density at radius 3 is 2.50 bits per heavy atom. The molecule has 0 atom stereocenters. The molecule has 1 amide bonds. The monoisotopic (exact) mass is 351 g/mol. The van der Waals surface area contributed by atoms with E-state index >= 15 is 0 Å². The second kappa shape index (κ2) is 6.91. The number of hydrogen-bond donors (Lipinski definition) is 0. The van der Waals surface area contributed by atoms with Crippen LogP contribution in [0.3, 0.4) is 0 Å². The van der Waals surface area contributed by atoms with Gasteiger partial charge in [0.2, 0.25) is 0 Å². The highest BCUT2D eigenvalue weighted by molar-refractivity contribution is 9.10. The zero-order valence-electron chi connectivity index (χ0n) is 11.1. The van der Waals surface area contributed by atoms with Crippen molar-refractivity contribution in [1.29, 1.82) is 0 Å². The molecule has 0 aliphatic carbocycles. The smallest absolute Gasteiger partial charge is 0.256 e. The minimum Gasteiger partial charge on any atom is -0.341 e. The Balaban J connectivity index is 2.06. The first-order valence-electron chi connectivity index (χ1n) is 6.33. The Labute approximate surface area is 132 Å². The minimum absolute atomic E-state index is 0.0709. The average molecular weight is 353 g/mol. The predicted molar refractivity (Wildman–Crippen MR) is 86.3 cm³/mol. The van der Waals surface area contributed by atoms with Crippen molar-refractivity contribution < 1.29 is 4.79 Å². The maximum atomic E-state index is 12.4. The van der Waals surface area contributed by atoms with E-state index in [0.29, 0.717) is 17.1 Å². The Bertz CT molecular complexity index is 580. The Kier molecular flexibility index (Phi) is 5.21. The molecule has 2 aromatic rings. The SMILES string of the molecule is CN(CCc1ccccc1)C(=O)c1c(Cl)cccc1Br. The summed E-state index contributed by atoms with van der Waals surface area (Å²) in [6, 6.07) is 15.5. The van der Waals surface area contributed by atoms with Crippen LogP contribution in [-0.4, -0.2) is 24.4 Å². The van der Waals surface area contributed by atoms with Crippen LogP contribution in [-0.2, 0) is 6.42 Å². The summed E-state index contributed by atoms with van der Waals surface area (Å²) in [6.45, 7) is 0.653. The van der Waals surface area contributed by atoms with E-state index in [-0.39, 0.29) is 5.91 Å². The summed E-state index contributed by atoms with van der Waals surface area (Å²) in [6.07, 6.45) is 0.825. The second-order valence-electron chi connectivity index (χ2n) is 4.56. The third-order valence-electron chi connectivity index (χ3n) is 3.10. The lowest BCUT2D eigenvalue weighted by molar-refractivity contribution is 0.0796. The van der Waals surface area contributed by atoms with E-state index in [1.165, 1.54) is 5.56 Å². The molecule has 0 saturated carbocycles. The Morgan fingerprint density at radius 1 is 1.15 bits per heavy atom. The van der Waals surface area contributed by atoms with E-state index in [2.05, 4.69) is 28.1 Å². The van der Waals surface area contributed by atoms with Crippen LogP contribution < -0.4 is 0 Å². The van der Waals surface area contributed by atoms with E-state index in [1.807, 2.05) is 30.3 Å². The first-order valence-corrected chi connectivity index (χ1v) is 7.50. The van der Waals surface area contributed by atoms with Gasteiger partial charge >= 0.3 is 0 Å². The van der Waals surface area contributed by atoms with Crippen molar-refractivity contribution in [2.45, 2.75) is 6.42 Å². The standard InChI is InChI=1S/C16H15BrClNO/c1-19(11-10-12-6-3-2-4-7-12)16(20)15-13(17)8-5-9-14(15)18/h2-9H,10-11H2,1H3. The van der Waals surface area contributed by atoms with Gasteiger partial charge in [0.15, 0.2) is 0 Å². The summed E-state index contributed by atoms with van der Waals surface area (Å²) in [5, 5.41) is 0.468. The third kappa shape index (κ3) is 3.62. The zero-order chi connectivity index (χ0) is 14.5. The van der Waals surface area contributed by atoms with Gasteiger partial charge in [-0.1, -0.05) is 48.0 Å². The molecule has 104 valence electrons. The molecule has 0 bridgehead atoms. The highest BCUT2D eigenvalue weighted by Crippen LogP contribution is 2.25. The van der Waals surface area contributed by atoms with Crippen molar-refractivity contribution in [3.8, 4) is 0 Å². The van der Waals surface area contributed by atoms with Gasteiger partial charge in [-0.2, -0.15) is 0 Å². The molecule has 2 nitrogen and oxygen atoms in total. The largest absolute Gasteiger partial charge is 0.341 e. The number of hydrogen-bond acceptors (Lipinski definition) is 1. The molecule has 0 saturated heterocycles. The van der Waals surface area contributed by atoms with Gasteiger partial charge in [0, 0.05) is 18.1 Å². The summed E-state index contributed by atoms with van der Waals surface area (Å²) in [5.41, 5.74) is 1.73. The first-order chi connectivity index (χ1) is 9.59. The molecule has 0 aromatic heterocycles. The molecule has 0 radical (unpaired) electrons. The van der Waals surface area contributed by atoms with Crippen molar-refractivity contribution in [2.24, 2.45) is 0 Å². The highest BCUT2D eigenvalue weighted by atomic mass is 79.9. The molecule has 2 aromatic carbocycles. The molecule has 20 heavy (non-hydrogen) atoms. The number of carbonyl (C=O) groups is 1. The van der Waals surface area contributed by atoms with E-state index in [0.717, 1.165) is 10.9 Å². The fourth-order valence-corrected chi connectivity index (χ4v) is 2.84. The summed E-state index contributed by atoms with van der Waals surface area (Å²) in [4.78, 5) is 14.1. The van der Waals surface area contributed by atoms with Gasteiger partial charge in [0.05, 0.1) is 10.6 Å². The number of amides is 1. The molecule has 0 fully saturated rings. The van der Waals surface area contributed by atoms with Gasteiger partial charge in [-0.25, -0.2) is 0 Å². The molecule has 0 heterocycles. The Hall–Kier alpha value is -1.32. The maximum Gasteiger partial charge on any atom is 0.256 e. The van der Waals surface area contributed by atoms with E-state index in [9.17, 15) is 4.79 Å². The van der Waals surface area contributed by atoms with Crippen molar-refractivity contribution in [3.63, 3.8) is 0 Å². The van der Waals surface area contributed by atoms with Crippen molar-refractivity contribution in [2.75, 3.05) is 13.6 Å². The Morgan fingerprint density at radius 2 is 1.85 bits per heavy atom. The van der Waals surface area contributed by atoms with Gasteiger partial charge in [0.1, 0.15) is 0 Å². The van der Waals surface area contributed by atoms with Crippen LogP contribution in [0.2, 0.25) is 5.02 Å². The topological polar surface area (TPSA) is 20.3 Å². The van der Waals surface area contributed by atoms with Gasteiger partial charge < -0.3 is 4.90 Å². The molecule has 0 aliphatic heterocycles. The van der Waals surface area contributed by atoms with Gasteiger partial charge in [-0.3, -0.25) is 4.79 Å². The van der Waals surface area contributed by atoms with Crippen LogP contribution in [0.1, 0.15) is 15.9 Å². The fourth-order valence-electron chi connectivity index (χ4n) is 1.94. The summed E-state index contributed by atoms with van der Waals surface area (Å²) < 4.78 is 0.724. The van der Waals surface area contributed by atoms with E-state index in [4.69, 9.17) is 11.6 Å². The van der Waals surface area contributed by atoms with Gasteiger partial charge in [-0.15, -0.1) is 0 Å². The minimum atomic E-state index is -0.0709. The van der Waals surface area contributed by atoms with Crippen molar-refractivity contribution >= 4 is 33.4 Å². The van der Waals surface area contributed by atoms with E-state index < -0.39 is 0 Å². The number of nitrogens with zero attached hydrogens (tertiary/aromatic N) is 1. The number of halogens is 2. The maximum absolute atomic E-state index is 12.4. The molecule has 0 N–H and O–H groups in total. The predicted octanol–water partition coefficient (Wildman–Crippen LogP) is 4.42. The normalized spacial score (nSPS) is 10.3. The number of benzene rings is 2. The molecular weight excluding hydrogens is 338 g/mol. The molecule has 0 spiro atoms. The summed E-state index contributed by atoms with van der Waals surface area (Å²) >= 11 is 9.49. The molecule has 0 aliphatic rings. The number of rotatable bonds is 4. The van der Waals surface area contributed by atoms with E-state index in [1.54, 1.807) is 18.0 Å². The lowest BCUT2D eigenvalue weighted by atomic mass is 10.1.